The third kappa shape index (κ3) is 5.64. The van der Waals surface area contributed by atoms with Crippen molar-refractivity contribution in [1.82, 2.24) is 5.32 Å². The maximum absolute atomic E-state index is 12.8. The Morgan fingerprint density at radius 1 is 0.964 bits per heavy atom. The number of carbonyl (C=O) groups is 1. The molecule has 0 aliphatic heterocycles. The second-order valence-corrected chi connectivity index (χ2v) is 7.74. The number of ether oxygens (including phenoxy) is 1. The van der Waals surface area contributed by atoms with Gasteiger partial charge in [-0.1, -0.05) is 60.7 Å². The van der Waals surface area contributed by atoms with Gasteiger partial charge in [-0.3, -0.25) is 4.79 Å². The van der Waals surface area contributed by atoms with Crippen molar-refractivity contribution in [3.8, 4) is 5.75 Å². The second-order valence-electron chi connectivity index (χ2n) is 6.72. The number of para-hydroxylation sites is 1. The zero-order chi connectivity index (χ0) is 19.8. The van der Waals surface area contributed by atoms with Gasteiger partial charge in [0, 0.05) is 10.6 Å². The monoisotopic (exact) mass is 391 g/mol. The maximum atomic E-state index is 12.8. The van der Waals surface area contributed by atoms with Crippen molar-refractivity contribution in [3.05, 3.63) is 95.6 Å². The Morgan fingerprint density at radius 2 is 1.64 bits per heavy atom. The SMILES string of the molecule is Cc1ccccc1OC[C@@H](C)NC(=O)c1ccccc1SCc1ccccc1. The summed E-state index contributed by atoms with van der Waals surface area (Å²) in [5.74, 6) is 1.61. The molecule has 28 heavy (non-hydrogen) atoms. The van der Waals surface area contributed by atoms with Crippen molar-refractivity contribution in [2.75, 3.05) is 6.61 Å². The Morgan fingerprint density at radius 3 is 2.43 bits per heavy atom. The van der Waals surface area contributed by atoms with E-state index in [9.17, 15) is 4.79 Å². The zero-order valence-corrected chi connectivity index (χ0v) is 17.0. The second kappa shape index (κ2) is 10.00. The summed E-state index contributed by atoms with van der Waals surface area (Å²) >= 11 is 1.68. The van der Waals surface area contributed by atoms with E-state index in [1.54, 1.807) is 11.8 Å². The summed E-state index contributed by atoms with van der Waals surface area (Å²) in [5, 5.41) is 3.05. The number of benzene rings is 3. The highest BCUT2D eigenvalue weighted by Gasteiger charge is 2.14. The van der Waals surface area contributed by atoms with Gasteiger partial charge in [0.05, 0.1) is 11.6 Å². The molecule has 3 nitrogen and oxygen atoms in total. The first-order chi connectivity index (χ1) is 13.6. The maximum Gasteiger partial charge on any atom is 0.252 e. The fraction of sp³-hybridized carbons (Fsp3) is 0.208. The summed E-state index contributed by atoms with van der Waals surface area (Å²) < 4.78 is 5.85. The van der Waals surface area contributed by atoms with Crippen molar-refractivity contribution in [3.63, 3.8) is 0 Å². The molecular formula is C24H25NO2S. The number of nitrogens with one attached hydrogen (secondary N) is 1. The Bertz CT molecular complexity index is 911. The van der Waals surface area contributed by atoms with Gasteiger partial charge in [0.15, 0.2) is 0 Å². The number of thioether (sulfide) groups is 1. The molecule has 0 bridgehead atoms. The lowest BCUT2D eigenvalue weighted by Crippen LogP contribution is -2.37. The minimum atomic E-state index is -0.0979. The molecule has 0 aliphatic rings. The fourth-order valence-electron chi connectivity index (χ4n) is 2.79. The molecule has 1 atom stereocenters. The number of aryl methyl sites for hydroxylation is 1. The van der Waals surface area contributed by atoms with E-state index in [0.29, 0.717) is 12.2 Å². The predicted molar refractivity (Wildman–Crippen MR) is 116 cm³/mol. The largest absolute Gasteiger partial charge is 0.491 e. The average molecular weight is 392 g/mol. The van der Waals surface area contributed by atoms with Gasteiger partial charge >= 0.3 is 0 Å². The molecule has 3 aromatic carbocycles. The van der Waals surface area contributed by atoms with Gasteiger partial charge in [0.2, 0.25) is 0 Å². The lowest BCUT2D eigenvalue weighted by atomic mass is 10.2. The molecule has 3 aromatic rings. The standard InChI is InChI=1S/C24H25NO2S/c1-18-10-6-8-14-22(18)27-16-19(2)25-24(26)21-13-7-9-15-23(21)28-17-20-11-4-3-5-12-20/h3-15,19H,16-17H2,1-2H3,(H,25,26)/t19-/m1/s1. The van der Waals surface area contributed by atoms with Crippen LogP contribution < -0.4 is 10.1 Å². The normalized spacial score (nSPS) is 11.6. The van der Waals surface area contributed by atoms with Crippen LogP contribution in [0.5, 0.6) is 5.75 Å². The number of carbonyl (C=O) groups excluding carboxylic acids is 1. The smallest absolute Gasteiger partial charge is 0.252 e. The third-order valence-electron chi connectivity index (χ3n) is 4.33. The number of rotatable bonds is 8. The van der Waals surface area contributed by atoms with Gasteiger partial charge in [-0.05, 0) is 43.2 Å². The van der Waals surface area contributed by atoms with Gasteiger partial charge in [-0.15, -0.1) is 11.8 Å². The fourth-order valence-corrected chi connectivity index (χ4v) is 3.80. The van der Waals surface area contributed by atoms with E-state index in [1.807, 2.05) is 80.6 Å². The molecule has 1 amide bonds. The topological polar surface area (TPSA) is 38.3 Å². The predicted octanol–water partition coefficient (Wildman–Crippen LogP) is 5.48. The number of amides is 1. The van der Waals surface area contributed by atoms with Gasteiger partial charge in [-0.2, -0.15) is 0 Å². The van der Waals surface area contributed by atoms with Crippen LogP contribution in [0.1, 0.15) is 28.4 Å². The highest BCUT2D eigenvalue weighted by molar-refractivity contribution is 7.98. The number of hydrogen-bond donors (Lipinski definition) is 1. The summed E-state index contributed by atoms with van der Waals surface area (Å²) in [7, 11) is 0. The van der Waals surface area contributed by atoms with Crippen LogP contribution in [0.2, 0.25) is 0 Å². The van der Waals surface area contributed by atoms with E-state index in [-0.39, 0.29) is 11.9 Å². The summed E-state index contributed by atoms with van der Waals surface area (Å²) in [4.78, 5) is 13.8. The van der Waals surface area contributed by atoms with Crippen LogP contribution in [0.4, 0.5) is 0 Å². The quantitative estimate of drug-likeness (QED) is 0.516. The van der Waals surface area contributed by atoms with Gasteiger partial charge in [0.1, 0.15) is 12.4 Å². The van der Waals surface area contributed by atoms with E-state index >= 15 is 0 Å². The molecule has 0 unspecified atom stereocenters. The first-order valence-corrected chi connectivity index (χ1v) is 10.4. The molecular weight excluding hydrogens is 366 g/mol. The van der Waals surface area contributed by atoms with Crippen LogP contribution in [0.15, 0.2) is 83.8 Å². The lowest BCUT2D eigenvalue weighted by molar-refractivity contribution is 0.0923. The molecule has 0 saturated carbocycles. The lowest BCUT2D eigenvalue weighted by Gasteiger charge is -2.17. The Kier molecular flexibility index (Phi) is 7.15. The van der Waals surface area contributed by atoms with E-state index in [1.165, 1.54) is 5.56 Å². The van der Waals surface area contributed by atoms with Crippen LogP contribution in [0.25, 0.3) is 0 Å². The summed E-state index contributed by atoms with van der Waals surface area (Å²) in [6, 6.07) is 25.8. The summed E-state index contributed by atoms with van der Waals surface area (Å²) in [6.07, 6.45) is 0. The van der Waals surface area contributed by atoms with Crippen molar-refractivity contribution in [1.29, 1.82) is 0 Å². The van der Waals surface area contributed by atoms with Gasteiger partial charge in [-0.25, -0.2) is 0 Å². The molecule has 0 aliphatic carbocycles. The molecule has 0 heterocycles. The van der Waals surface area contributed by atoms with Crippen molar-refractivity contribution in [2.45, 2.75) is 30.5 Å². The van der Waals surface area contributed by atoms with Crippen molar-refractivity contribution < 1.29 is 9.53 Å². The minimum Gasteiger partial charge on any atom is -0.491 e. The van der Waals surface area contributed by atoms with Crippen LogP contribution in [-0.4, -0.2) is 18.6 Å². The first kappa shape index (κ1) is 20.0. The summed E-state index contributed by atoms with van der Waals surface area (Å²) in [6.45, 7) is 4.39. The summed E-state index contributed by atoms with van der Waals surface area (Å²) in [5.41, 5.74) is 3.03. The van der Waals surface area contributed by atoms with Crippen LogP contribution in [0.3, 0.4) is 0 Å². The molecule has 4 heteroatoms. The number of hydrogen-bond acceptors (Lipinski definition) is 3. The molecule has 0 spiro atoms. The van der Waals surface area contributed by atoms with Crippen molar-refractivity contribution in [2.24, 2.45) is 0 Å². The van der Waals surface area contributed by atoms with Gasteiger partial charge < -0.3 is 10.1 Å². The average Bonchev–Trinajstić information content (AvgIpc) is 2.72. The Labute approximate surface area is 171 Å². The Hall–Kier alpha value is -2.72. The Balaban J connectivity index is 1.58. The van der Waals surface area contributed by atoms with E-state index in [2.05, 4.69) is 17.4 Å². The highest BCUT2D eigenvalue weighted by Crippen LogP contribution is 2.26. The molecule has 0 fully saturated rings. The van der Waals surface area contributed by atoms with E-state index in [0.717, 1.165) is 22.0 Å². The third-order valence-corrected chi connectivity index (χ3v) is 5.47. The first-order valence-electron chi connectivity index (χ1n) is 9.38. The molecule has 0 saturated heterocycles. The molecule has 1 N–H and O–H groups in total. The van der Waals surface area contributed by atoms with Crippen molar-refractivity contribution >= 4 is 17.7 Å². The molecule has 3 rings (SSSR count). The van der Waals surface area contributed by atoms with Crippen LogP contribution >= 0.6 is 11.8 Å². The highest BCUT2D eigenvalue weighted by atomic mass is 32.2. The molecule has 0 aromatic heterocycles. The van der Waals surface area contributed by atoms with E-state index in [4.69, 9.17) is 4.74 Å². The van der Waals surface area contributed by atoms with Gasteiger partial charge in [0.25, 0.3) is 5.91 Å². The molecule has 144 valence electrons. The van der Waals surface area contributed by atoms with Crippen LogP contribution in [-0.2, 0) is 5.75 Å². The minimum absolute atomic E-state index is 0.0722. The zero-order valence-electron chi connectivity index (χ0n) is 16.2. The molecule has 0 radical (unpaired) electrons. The van der Waals surface area contributed by atoms with E-state index < -0.39 is 0 Å². The van der Waals surface area contributed by atoms with Crippen LogP contribution in [0, 0.1) is 6.92 Å².